The van der Waals surface area contributed by atoms with E-state index in [1.807, 2.05) is 19.1 Å². The molecule has 18 heavy (non-hydrogen) atoms. The molecule has 1 aliphatic rings. The van der Waals surface area contributed by atoms with Crippen LogP contribution in [0, 0.1) is 0 Å². The van der Waals surface area contributed by atoms with Crippen molar-refractivity contribution in [2.75, 3.05) is 13.3 Å². The van der Waals surface area contributed by atoms with Crippen LogP contribution in [-0.4, -0.2) is 29.4 Å². The lowest BCUT2D eigenvalue weighted by atomic mass is 10.1. The van der Waals surface area contributed by atoms with Crippen LogP contribution in [0.15, 0.2) is 30.9 Å². The highest BCUT2D eigenvalue weighted by Crippen LogP contribution is 2.35. The predicted octanol–water partition coefficient (Wildman–Crippen LogP) is 2.64. The summed E-state index contributed by atoms with van der Waals surface area (Å²) in [5.74, 6) is 1.35. The molecule has 0 saturated carbocycles. The van der Waals surface area contributed by atoms with Crippen molar-refractivity contribution in [2.24, 2.45) is 0 Å². The molecule has 1 atom stereocenters. The molecule has 1 heterocycles. The molecule has 1 unspecified atom stereocenters. The molecule has 5 heteroatoms. The molecule has 1 aliphatic heterocycles. The van der Waals surface area contributed by atoms with Gasteiger partial charge in [-0.3, -0.25) is 4.90 Å². The summed E-state index contributed by atoms with van der Waals surface area (Å²) in [5, 5.41) is 9.15. The van der Waals surface area contributed by atoms with Crippen LogP contribution in [0.1, 0.15) is 18.5 Å². The highest BCUT2D eigenvalue weighted by atomic mass is 16.7. The zero-order valence-electron chi connectivity index (χ0n) is 10.1. The quantitative estimate of drug-likeness (QED) is 0.833. The van der Waals surface area contributed by atoms with E-state index in [1.54, 1.807) is 12.1 Å². The van der Waals surface area contributed by atoms with Crippen molar-refractivity contribution in [3.63, 3.8) is 0 Å². The third kappa shape index (κ3) is 2.25. The fraction of sp³-hybridized carbons (Fsp3) is 0.308. The van der Waals surface area contributed by atoms with Crippen molar-refractivity contribution in [2.45, 2.75) is 13.0 Å². The fourth-order valence-corrected chi connectivity index (χ4v) is 1.89. The van der Waals surface area contributed by atoms with E-state index in [0.29, 0.717) is 11.5 Å². The Bertz CT molecular complexity index is 472. The minimum atomic E-state index is -0.972. The molecule has 1 aromatic carbocycles. The number of amides is 1. The number of fused-ring (bicyclic) bond motifs is 1. The van der Waals surface area contributed by atoms with Crippen LogP contribution in [-0.2, 0) is 0 Å². The molecule has 1 aromatic rings. The molecule has 1 amide bonds. The van der Waals surface area contributed by atoms with Gasteiger partial charge in [0.1, 0.15) is 0 Å². The molecule has 1 N–H and O–H groups in total. The topological polar surface area (TPSA) is 59.0 Å². The Hall–Kier alpha value is -2.17. The van der Waals surface area contributed by atoms with Crippen LogP contribution < -0.4 is 9.47 Å². The zero-order chi connectivity index (χ0) is 13.1. The Morgan fingerprint density at radius 3 is 2.94 bits per heavy atom. The summed E-state index contributed by atoms with van der Waals surface area (Å²) in [7, 11) is 0. The van der Waals surface area contributed by atoms with E-state index in [9.17, 15) is 4.79 Å². The Balaban J connectivity index is 2.24. The SMILES string of the molecule is C=CCN(C(=O)O)C(C)c1ccc2c(c1)OCO2. The first-order chi connectivity index (χ1) is 8.63. The van der Waals surface area contributed by atoms with E-state index in [-0.39, 0.29) is 19.4 Å². The van der Waals surface area contributed by atoms with Crippen LogP contribution in [0.2, 0.25) is 0 Å². The number of rotatable bonds is 4. The van der Waals surface area contributed by atoms with Gasteiger partial charge in [-0.1, -0.05) is 12.1 Å². The van der Waals surface area contributed by atoms with E-state index in [1.165, 1.54) is 4.90 Å². The molecule has 0 aliphatic carbocycles. The number of hydrogen-bond donors (Lipinski definition) is 1. The van der Waals surface area contributed by atoms with Crippen molar-refractivity contribution >= 4 is 6.09 Å². The van der Waals surface area contributed by atoms with Crippen molar-refractivity contribution in [3.05, 3.63) is 36.4 Å². The summed E-state index contributed by atoms with van der Waals surface area (Å²) in [4.78, 5) is 12.5. The van der Waals surface area contributed by atoms with Crippen molar-refractivity contribution in [1.82, 2.24) is 4.90 Å². The molecule has 0 radical (unpaired) electrons. The first kappa shape index (κ1) is 12.3. The highest BCUT2D eigenvalue weighted by Gasteiger charge is 2.22. The van der Waals surface area contributed by atoms with Gasteiger partial charge in [-0.2, -0.15) is 0 Å². The number of hydrogen-bond acceptors (Lipinski definition) is 3. The lowest BCUT2D eigenvalue weighted by Gasteiger charge is -2.25. The van der Waals surface area contributed by atoms with Gasteiger partial charge in [0.25, 0.3) is 0 Å². The first-order valence-electron chi connectivity index (χ1n) is 5.63. The fourth-order valence-electron chi connectivity index (χ4n) is 1.89. The number of benzene rings is 1. The average Bonchev–Trinajstić information content (AvgIpc) is 2.81. The third-order valence-corrected chi connectivity index (χ3v) is 2.92. The van der Waals surface area contributed by atoms with E-state index < -0.39 is 6.09 Å². The highest BCUT2D eigenvalue weighted by molar-refractivity contribution is 5.66. The van der Waals surface area contributed by atoms with Gasteiger partial charge in [-0.05, 0) is 24.6 Å². The van der Waals surface area contributed by atoms with Gasteiger partial charge in [-0.25, -0.2) is 4.79 Å². The molecule has 0 saturated heterocycles. The molecular formula is C13H15NO4. The first-order valence-corrected chi connectivity index (χ1v) is 5.63. The van der Waals surface area contributed by atoms with Crippen LogP contribution in [0.5, 0.6) is 11.5 Å². The maximum Gasteiger partial charge on any atom is 0.408 e. The standard InChI is InChI=1S/C13H15NO4/c1-3-6-14(13(15)16)9(2)10-4-5-11-12(7-10)18-8-17-11/h3-5,7,9H,1,6,8H2,2H3,(H,15,16). The number of carbonyl (C=O) groups is 1. The predicted molar refractivity (Wildman–Crippen MR) is 65.9 cm³/mol. The third-order valence-electron chi connectivity index (χ3n) is 2.92. The summed E-state index contributed by atoms with van der Waals surface area (Å²) in [6.45, 7) is 5.89. The van der Waals surface area contributed by atoms with Gasteiger partial charge in [-0.15, -0.1) is 6.58 Å². The summed E-state index contributed by atoms with van der Waals surface area (Å²) in [5.41, 5.74) is 0.864. The van der Waals surface area contributed by atoms with E-state index in [0.717, 1.165) is 5.56 Å². The largest absolute Gasteiger partial charge is 0.465 e. The average molecular weight is 249 g/mol. The molecule has 0 bridgehead atoms. The van der Waals surface area contributed by atoms with Crippen LogP contribution in [0.25, 0.3) is 0 Å². The summed E-state index contributed by atoms with van der Waals surface area (Å²) in [6.07, 6.45) is 0.595. The van der Waals surface area contributed by atoms with Crippen molar-refractivity contribution in [1.29, 1.82) is 0 Å². The maximum absolute atomic E-state index is 11.2. The van der Waals surface area contributed by atoms with E-state index in [4.69, 9.17) is 14.6 Å². The maximum atomic E-state index is 11.2. The molecule has 0 spiro atoms. The molecule has 2 rings (SSSR count). The van der Waals surface area contributed by atoms with Gasteiger partial charge in [0.05, 0.1) is 6.04 Å². The Labute approximate surface area is 105 Å². The lowest BCUT2D eigenvalue weighted by Crippen LogP contribution is -2.32. The second-order valence-corrected chi connectivity index (χ2v) is 4.01. The molecule has 96 valence electrons. The second-order valence-electron chi connectivity index (χ2n) is 4.01. The Kier molecular flexibility index (Phi) is 3.41. The van der Waals surface area contributed by atoms with Crippen molar-refractivity contribution in [3.8, 4) is 11.5 Å². The Morgan fingerprint density at radius 1 is 1.56 bits per heavy atom. The summed E-state index contributed by atoms with van der Waals surface area (Å²) >= 11 is 0. The van der Waals surface area contributed by atoms with Crippen molar-refractivity contribution < 1.29 is 19.4 Å². The van der Waals surface area contributed by atoms with Gasteiger partial charge in [0.2, 0.25) is 6.79 Å². The number of ether oxygens (including phenoxy) is 2. The summed E-state index contributed by atoms with van der Waals surface area (Å²) in [6, 6.07) is 5.18. The minimum absolute atomic E-state index is 0.211. The number of carboxylic acid groups (broad SMARTS) is 1. The molecule has 0 fully saturated rings. The van der Waals surface area contributed by atoms with E-state index >= 15 is 0 Å². The monoisotopic (exact) mass is 249 g/mol. The van der Waals surface area contributed by atoms with Crippen LogP contribution in [0.3, 0.4) is 0 Å². The van der Waals surface area contributed by atoms with Crippen LogP contribution >= 0.6 is 0 Å². The molecule has 0 aromatic heterocycles. The summed E-state index contributed by atoms with van der Waals surface area (Å²) < 4.78 is 10.5. The van der Waals surface area contributed by atoms with Gasteiger partial charge in [0.15, 0.2) is 11.5 Å². The molecular weight excluding hydrogens is 234 g/mol. The smallest absolute Gasteiger partial charge is 0.408 e. The second kappa shape index (κ2) is 5.00. The number of nitrogens with zero attached hydrogens (tertiary/aromatic N) is 1. The Morgan fingerprint density at radius 2 is 2.28 bits per heavy atom. The van der Waals surface area contributed by atoms with Gasteiger partial charge >= 0.3 is 6.09 Å². The lowest BCUT2D eigenvalue weighted by molar-refractivity contribution is 0.134. The van der Waals surface area contributed by atoms with Gasteiger partial charge < -0.3 is 14.6 Å². The minimum Gasteiger partial charge on any atom is -0.465 e. The zero-order valence-corrected chi connectivity index (χ0v) is 10.1. The van der Waals surface area contributed by atoms with Gasteiger partial charge in [0, 0.05) is 6.54 Å². The molecule has 5 nitrogen and oxygen atoms in total. The normalized spacial score (nSPS) is 14.1. The van der Waals surface area contributed by atoms with E-state index in [2.05, 4.69) is 6.58 Å². The van der Waals surface area contributed by atoms with Crippen LogP contribution in [0.4, 0.5) is 4.79 Å².